The van der Waals surface area contributed by atoms with E-state index in [2.05, 4.69) is 17.1 Å². The second-order valence-corrected chi connectivity index (χ2v) is 6.19. The number of phenolic OH excluding ortho intramolecular Hbond substituents is 1. The maximum Gasteiger partial charge on any atom is 0.335 e. The lowest BCUT2D eigenvalue weighted by atomic mass is 9.76. The second-order valence-electron chi connectivity index (χ2n) is 6.19. The number of hydrogen-bond donors (Lipinski definition) is 2. The lowest BCUT2D eigenvalue weighted by Gasteiger charge is -2.28. The molecule has 2 unspecified atom stereocenters. The van der Waals surface area contributed by atoms with Gasteiger partial charge in [0.25, 0.3) is 0 Å². The van der Waals surface area contributed by atoms with Crippen LogP contribution in [0.2, 0.25) is 0 Å². The summed E-state index contributed by atoms with van der Waals surface area (Å²) in [5.74, 6) is -2.28. The first-order valence-electron chi connectivity index (χ1n) is 8.18. The molecule has 1 heterocycles. The zero-order valence-electron chi connectivity index (χ0n) is 14.4. The second kappa shape index (κ2) is 7.15. The SMILES string of the molecule is CC1=NC(c2ccc(O)cc2)=C(C#N)C(c2cccc(C(=O)O)c2)C1C#N. The van der Waals surface area contributed by atoms with E-state index in [-0.39, 0.29) is 11.3 Å². The number of aromatic hydroxyl groups is 1. The van der Waals surface area contributed by atoms with Crippen LogP contribution in [0.4, 0.5) is 0 Å². The van der Waals surface area contributed by atoms with Gasteiger partial charge in [0.15, 0.2) is 0 Å². The summed E-state index contributed by atoms with van der Waals surface area (Å²) < 4.78 is 0. The van der Waals surface area contributed by atoms with Crippen molar-refractivity contribution in [1.29, 1.82) is 10.5 Å². The Labute approximate surface area is 156 Å². The van der Waals surface area contributed by atoms with Crippen molar-refractivity contribution in [2.45, 2.75) is 12.8 Å². The maximum atomic E-state index is 11.3. The Kier molecular flexibility index (Phi) is 4.74. The highest BCUT2D eigenvalue weighted by Gasteiger charge is 2.35. The zero-order chi connectivity index (χ0) is 19.6. The van der Waals surface area contributed by atoms with Gasteiger partial charge in [0.05, 0.1) is 34.9 Å². The molecule has 132 valence electrons. The number of carboxylic acids is 1. The van der Waals surface area contributed by atoms with Crippen LogP contribution in [0.15, 0.2) is 59.1 Å². The molecule has 0 spiro atoms. The van der Waals surface area contributed by atoms with E-state index in [9.17, 15) is 25.5 Å². The number of phenols is 1. The van der Waals surface area contributed by atoms with Gasteiger partial charge in [-0.1, -0.05) is 12.1 Å². The number of hydrogen-bond acceptors (Lipinski definition) is 5. The number of nitriles is 2. The predicted molar refractivity (Wildman–Crippen MR) is 99.0 cm³/mol. The van der Waals surface area contributed by atoms with E-state index in [0.29, 0.717) is 28.1 Å². The molecule has 2 aromatic rings. The van der Waals surface area contributed by atoms with Crippen LogP contribution in [0.3, 0.4) is 0 Å². The molecule has 0 aromatic heterocycles. The summed E-state index contributed by atoms with van der Waals surface area (Å²) in [6.45, 7) is 1.72. The molecule has 2 aromatic carbocycles. The highest BCUT2D eigenvalue weighted by Crippen LogP contribution is 2.41. The molecule has 0 bridgehead atoms. The van der Waals surface area contributed by atoms with Crippen LogP contribution in [-0.2, 0) is 0 Å². The molecule has 3 rings (SSSR count). The number of aromatic carboxylic acids is 1. The minimum atomic E-state index is -1.08. The number of nitrogens with zero attached hydrogens (tertiary/aromatic N) is 3. The molecule has 0 aliphatic carbocycles. The Morgan fingerprint density at radius 3 is 2.44 bits per heavy atom. The minimum Gasteiger partial charge on any atom is -0.508 e. The van der Waals surface area contributed by atoms with E-state index in [0.717, 1.165) is 0 Å². The molecule has 2 atom stereocenters. The van der Waals surface area contributed by atoms with E-state index >= 15 is 0 Å². The van der Waals surface area contributed by atoms with Gasteiger partial charge in [0.1, 0.15) is 5.75 Å². The largest absolute Gasteiger partial charge is 0.508 e. The first-order chi connectivity index (χ1) is 13.0. The van der Waals surface area contributed by atoms with Crippen molar-refractivity contribution in [2.24, 2.45) is 10.9 Å². The van der Waals surface area contributed by atoms with Crippen molar-refractivity contribution < 1.29 is 15.0 Å². The number of carboxylic acid groups (broad SMARTS) is 1. The number of aliphatic imine (C=N–C) groups is 1. The summed E-state index contributed by atoms with van der Waals surface area (Å²) in [5, 5.41) is 38.3. The normalized spacial score (nSPS) is 19.0. The fourth-order valence-electron chi connectivity index (χ4n) is 3.22. The van der Waals surface area contributed by atoms with Crippen LogP contribution in [0.1, 0.15) is 34.3 Å². The summed E-state index contributed by atoms with van der Waals surface area (Å²) in [6.07, 6.45) is 0. The van der Waals surface area contributed by atoms with E-state index in [1.165, 1.54) is 24.3 Å². The fraction of sp³-hybridized carbons (Fsp3) is 0.143. The van der Waals surface area contributed by atoms with Crippen molar-refractivity contribution >= 4 is 17.4 Å². The molecule has 6 heteroatoms. The third-order valence-electron chi connectivity index (χ3n) is 4.53. The molecular weight excluding hydrogens is 342 g/mol. The van der Waals surface area contributed by atoms with Gasteiger partial charge < -0.3 is 10.2 Å². The summed E-state index contributed by atoms with van der Waals surface area (Å²) in [7, 11) is 0. The van der Waals surface area contributed by atoms with Gasteiger partial charge >= 0.3 is 5.97 Å². The van der Waals surface area contributed by atoms with Crippen LogP contribution in [0, 0.1) is 28.6 Å². The van der Waals surface area contributed by atoms with Gasteiger partial charge in [-0.2, -0.15) is 10.5 Å². The Balaban J connectivity index is 2.23. The molecule has 0 saturated heterocycles. The fourth-order valence-corrected chi connectivity index (χ4v) is 3.22. The molecule has 6 nitrogen and oxygen atoms in total. The minimum absolute atomic E-state index is 0.0906. The van der Waals surface area contributed by atoms with E-state index < -0.39 is 17.8 Å². The Morgan fingerprint density at radius 1 is 1.15 bits per heavy atom. The quantitative estimate of drug-likeness (QED) is 0.868. The van der Waals surface area contributed by atoms with Gasteiger partial charge in [0.2, 0.25) is 0 Å². The molecule has 0 amide bonds. The number of allylic oxidation sites excluding steroid dienone is 1. The van der Waals surface area contributed by atoms with Crippen LogP contribution < -0.4 is 0 Å². The van der Waals surface area contributed by atoms with Crippen molar-refractivity contribution in [3.63, 3.8) is 0 Å². The summed E-state index contributed by atoms with van der Waals surface area (Å²) in [4.78, 5) is 15.8. The maximum absolute atomic E-state index is 11.3. The smallest absolute Gasteiger partial charge is 0.335 e. The standard InChI is InChI=1S/C21H15N3O3/c1-12-17(10-22)19(14-3-2-4-15(9-14)21(26)27)18(11-23)20(24-12)13-5-7-16(25)8-6-13/h2-9,17,19,25H,1H3,(H,26,27). The van der Waals surface area contributed by atoms with Crippen molar-refractivity contribution in [3.8, 4) is 17.9 Å². The molecule has 0 saturated carbocycles. The Bertz CT molecular complexity index is 1050. The van der Waals surface area contributed by atoms with Crippen LogP contribution in [-0.4, -0.2) is 21.9 Å². The van der Waals surface area contributed by atoms with Gasteiger partial charge in [-0.3, -0.25) is 4.99 Å². The van der Waals surface area contributed by atoms with Crippen molar-refractivity contribution in [2.75, 3.05) is 0 Å². The van der Waals surface area contributed by atoms with Crippen molar-refractivity contribution in [1.82, 2.24) is 0 Å². The van der Waals surface area contributed by atoms with Crippen molar-refractivity contribution in [3.05, 3.63) is 70.8 Å². The summed E-state index contributed by atoms with van der Waals surface area (Å²) >= 11 is 0. The molecule has 0 radical (unpaired) electrons. The average Bonchev–Trinajstić information content (AvgIpc) is 2.67. The highest BCUT2D eigenvalue weighted by atomic mass is 16.4. The van der Waals surface area contributed by atoms with Gasteiger partial charge in [-0.25, -0.2) is 4.79 Å². The Hall–Kier alpha value is -3.90. The molecule has 2 N–H and O–H groups in total. The lowest BCUT2D eigenvalue weighted by Crippen LogP contribution is -2.25. The molecule has 1 aliphatic rings. The topological polar surface area (TPSA) is 117 Å². The van der Waals surface area contributed by atoms with Gasteiger partial charge in [0, 0.05) is 17.2 Å². The van der Waals surface area contributed by atoms with Crippen LogP contribution in [0.5, 0.6) is 5.75 Å². The lowest BCUT2D eigenvalue weighted by molar-refractivity contribution is 0.0696. The number of benzene rings is 2. The third kappa shape index (κ3) is 3.29. The van der Waals surface area contributed by atoms with E-state index in [1.807, 2.05) is 0 Å². The average molecular weight is 357 g/mol. The number of carbonyl (C=O) groups is 1. The van der Waals surface area contributed by atoms with Crippen LogP contribution >= 0.6 is 0 Å². The summed E-state index contributed by atoms with van der Waals surface area (Å²) in [6, 6.07) is 16.9. The molecule has 27 heavy (non-hydrogen) atoms. The molecule has 1 aliphatic heterocycles. The third-order valence-corrected chi connectivity index (χ3v) is 4.53. The van der Waals surface area contributed by atoms with E-state index in [4.69, 9.17) is 0 Å². The van der Waals surface area contributed by atoms with Crippen LogP contribution in [0.25, 0.3) is 5.70 Å². The zero-order valence-corrected chi connectivity index (χ0v) is 14.4. The number of rotatable bonds is 3. The highest BCUT2D eigenvalue weighted by molar-refractivity contribution is 5.97. The monoisotopic (exact) mass is 357 g/mol. The summed E-state index contributed by atoms with van der Waals surface area (Å²) in [5.41, 5.74) is 2.56. The first kappa shape index (κ1) is 17.9. The van der Waals surface area contributed by atoms with E-state index in [1.54, 1.807) is 31.2 Å². The Morgan fingerprint density at radius 2 is 1.85 bits per heavy atom. The first-order valence-corrected chi connectivity index (χ1v) is 8.18. The van der Waals surface area contributed by atoms with Gasteiger partial charge in [-0.05, 0) is 48.9 Å². The molecule has 0 fully saturated rings. The predicted octanol–water partition coefficient (Wildman–Crippen LogP) is 3.72. The molecular formula is C21H15N3O3. The van der Waals surface area contributed by atoms with Gasteiger partial charge in [-0.15, -0.1) is 0 Å².